The van der Waals surface area contributed by atoms with Crippen LogP contribution < -0.4 is 0 Å². The molecule has 4 nitrogen and oxygen atoms in total. The van der Waals surface area contributed by atoms with Crippen LogP contribution in [-0.4, -0.2) is 23.4 Å². The third kappa shape index (κ3) is 5.19. The Bertz CT molecular complexity index is 1010. The highest BCUT2D eigenvalue weighted by atomic mass is 19.1. The van der Waals surface area contributed by atoms with E-state index in [1.165, 1.54) is 17.0 Å². The van der Waals surface area contributed by atoms with Crippen LogP contribution in [0, 0.1) is 24.5 Å². The molecule has 0 unspecified atom stereocenters. The van der Waals surface area contributed by atoms with Gasteiger partial charge in [-0.15, -0.1) is 0 Å². The van der Waals surface area contributed by atoms with E-state index in [1.807, 2.05) is 45.0 Å². The smallest absolute Gasteiger partial charge is 0.336 e. The van der Waals surface area contributed by atoms with Gasteiger partial charge in [-0.3, -0.25) is 4.79 Å². The van der Waals surface area contributed by atoms with Crippen molar-refractivity contribution in [3.8, 4) is 0 Å². The number of amides is 1. The number of nitrogens with zero attached hydrogens (tertiary/aromatic N) is 1. The second-order valence-corrected chi connectivity index (χ2v) is 8.36. The zero-order valence-corrected chi connectivity index (χ0v) is 18.2. The van der Waals surface area contributed by atoms with E-state index < -0.39 is 23.5 Å². The highest BCUT2D eigenvalue weighted by Crippen LogP contribution is 2.39. The number of halogens is 2. The number of carbonyl (C=O) groups is 2. The Labute approximate surface area is 181 Å². The predicted octanol–water partition coefficient (Wildman–Crippen LogP) is 5.26. The van der Waals surface area contributed by atoms with Gasteiger partial charge in [0.25, 0.3) is 0 Å². The summed E-state index contributed by atoms with van der Waals surface area (Å²) in [5.41, 5.74) is 3.04. The lowest BCUT2D eigenvalue weighted by Crippen LogP contribution is -2.38. The number of aryl methyl sites for hydroxylation is 1. The van der Waals surface area contributed by atoms with Crippen LogP contribution in [0.15, 0.2) is 53.7 Å². The van der Waals surface area contributed by atoms with Gasteiger partial charge in [0.15, 0.2) is 0 Å². The number of rotatable bonds is 6. The fourth-order valence-electron chi connectivity index (χ4n) is 3.92. The number of carbonyl (C=O) groups excluding carboxylic acids is 2. The molecule has 0 radical (unpaired) electrons. The van der Waals surface area contributed by atoms with Crippen molar-refractivity contribution in [3.63, 3.8) is 0 Å². The minimum atomic E-state index is -0.713. The zero-order chi connectivity index (χ0) is 22.7. The van der Waals surface area contributed by atoms with Gasteiger partial charge in [-0.05, 0) is 48.6 Å². The Morgan fingerprint density at radius 3 is 2.39 bits per heavy atom. The maximum atomic E-state index is 13.7. The largest absolute Gasteiger partial charge is 0.462 e. The lowest BCUT2D eigenvalue weighted by Gasteiger charge is -2.35. The summed E-state index contributed by atoms with van der Waals surface area (Å²) >= 11 is 0. The quantitative estimate of drug-likeness (QED) is 0.591. The van der Waals surface area contributed by atoms with Crippen LogP contribution in [0.3, 0.4) is 0 Å². The summed E-state index contributed by atoms with van der Waals surface area (Å²) < 4.78 is 32.8. The molecule has 0 N–H and O–H groups in total. The molecule has 2 aromatic rings. The van der Waals surface area contributed by atoms with Crippen LogP contribution in [0.2, 0.25) is 0 Å². The second kappa shape index (κ2) is 9.41. The van der Waals surface area contributed by atoms with Gasteiger partial charge in [0, 0.05) is 24.1 Å². The molecule has 0 saturated carbocycles. The molecule has 1 aliphatic heterocycles. The highest BCUT2D eigenvalue weighted by molar-refractivity contribution is 5.96. The van der Waals surface area contributed by atoms with E-state index in [-0.39, 0.29) is 31.4 Å². The summed E-state index contributed by atoms with van der Waals surface area (Å²) in [6, 6.07) is 10.8. The van der Waals surface area contributed by atoms with Crippen molar-refractivity contribution in [2.24, 2.45) is 5.92 Å². The molecule has 31 heavy (non-hydrogen) atoms. The molecule has 2 aromatic carbocycles. The molecule has 0 bridgehead atoms. The minimum Gasteiger partial charge on any atom is -0.462 e. The summed E-state index contributed by atoms with van der Waals surface area (Å²) in [6.07, 6.45) is 0.0755. The van der Waals surface area contributed by atoms with E-state index in [0.29, 0.717) is 16.8 Å². The van der Waals surface area contributed by atoms with Gasteiger partial charge in [0.1, 0.15) is 11.6 Å². The van der Waals surface area contributed by atoms with Crippen molar-refractivity contribution in [1.29, 1.82) is 0 Å². The van der Waals surface area contributed by atoms with E-state index in [9.17, 15) is 18.4 Å². The Kier molecular flexibility index (Phi) is 6.88. The van der Waals surface area contributed by atoms with Crippen molar-refractivity contribution in [2.45, 2.75) is 46.6 Å². The summed E-state index contributed by atoms with van der Waals surface area (Å²) in [4.78, 5) is 27.6. The van der Waals surface area contributed by atoms with E-state index in [2.05, 4.69) is 0 Å². The summed E-state index contributed by atoms with van der Waals surface area (Å²) in [6.45, 7) is 7.75. The van der Waals surface area contributed by atoms with Gasteiger partial charge in [0.2, 0.25) is 5.91 Å². The molecule has 0 fully saturated rings. The van der Waals surface area contributed by atoms with Crippen LogP contribution in [0.1, 0.15) is 49.8 Å². The van der Waals surface area contributed by atoms with Crippen molar-refractivity contribution in [1.82, 2.24) is 4.90 Å². The molecular weight excluding hydrogens is 400 g/mol. The van der Waals surface area contributed by atoms with Crippen LogP contribution in [0.25, 0.3) is 0 Å². The Balaban J connectivity index is 2.04. The molecule has 3 rings (SSSR count). The Hall–Kier alpha value is -3.02. The van der Waals surface area contributed by atoms with Gasteiger partial charge in [0.05, 0.1) is 18.7 Å². The third-order valence-corrected chi connectivity index (χ3v) is 5.42. The fourth-order valence-corrected chi connectivity index (χ4v) is 3.92. The minimum absolute atomic E-state index is 0.0270. The SMILES string of the molecule is CC1=C(C(=O)OCC(C)C)[C@H](c2ccccc2C)CC(=O)N1Cc1cc(F)cc(F)c1. The topological polar surface area (TPSA) is 46.6 Å². The molecule has 1 atom stereocenters. The van der Waals surface area contributed by atoms with Crippen LogP contribution in [0.4, 0.5) is 8.78 Å². The maximum absolute atomic E-state index is 13.7. The Morgan fingerprint density at radius 1 is 1.13 bits per heavy atom. The molecular formula is C25H27F2NO3. The lowest BCUT2D eigenvalue weighted by molar-refractivity contribution is -0.141. The van der Waals surface area contributed by atoms with Crippen molar-refractivity contribution < 1.29 is 23.1 Å². The van der Waals surface area contributed by atoms with Gasteiger partial charge in [-0.1, -0.05) is 38.1 Å². The highest BCUT2D eigenvalue weighted by Gasteiger charge is 2.37. The Morgan fingerprint density at radius 2 is 1.77 bits per heavy atom. The average molecular weight is 427 g/mol. The summed E-state index contributed by atoms with van der Waals surface area (Å²) in [5, 5.41) is 0. The second-order valence-electron chi connectivity index (χ2n) is 8.36. The summed E-state index contributed by atoms with van der Waals surface area (Å²) in [5.74, 6) is -2.38. The monoisotopic (exact) mass is 427 g/mol. The van der Waals surface area contributed by atoms with Gasteiger partial charge >= 0.3 is 5.97 Å². The number of allylic oxidation sites excluding steroid dienone is 1. The van der Waals surface area contributed by atoms with Gasteiger partial charge in [-0.25, -0.2) is 13.6 Å². The first-order valence-corrected chi connectivity index (χ1v) is 10.4. The van der Waals surface area contributed by atoms with Crippen LogP contribution in [0.5, 0.6) is 0 Å². The number of benzene rings is 2. The lowest BCUT2D eigenvalue weighted by atomic mass is 9.81. The first kappa shape index (κ1) is 22.7. The number of esters is 1. The van der Waals surface area contributed by atoms with Crippen molar-refractivity contribution >= 4 is 11.9 Å². The molecule has 0 aliphatic carbocycles. The first-order chi connectivity index (χ1) is 14.7. The van der Waals surface area contributed by atoms with Crippen molar-refractivity contribution in [3.05, 3.63) is 82.1 Å². The predicted molar refractivity (Wildman–Crippen MR) is 114 cm³/mol. The first-order valence-electron chi connectivity index (χ1n) is 10.4. The van der Waals surface area contributed by atoms with Crippen LogP contribution in [-0.2, 0) is 20.9 Å². The molecule has 0 saturated heterocycles. The number of ether oxygens (including phenoxy) is 1. The van der Waals surface area contributed by atoms with E-state index >= 15 is 0 Å². The van der Waals surface area contributed by atoms with E-state index in [1.54, 1.807) is 6.92 Å². The normalized spacial score (nSPS) is 16.8. The standard InChI is InChI=1S/C25H27F2NO3/c1-15(2)14-31-25(30)24-17(4)28(13-18-9-19(26)11-20(27)10-18)23(29)12-22(24)21-8-6-5-7-16(21)3/h5-11,15,22H,12-14H2,1-4H3/t22-/m0/s1. The maximum Gasteiger partial charge on any atom is 0.336 e. The van der Waals surface area contributed by atoms with E-state index in [0.717, 1.165) is 17.2 Å². The average Bonchev–Trinajstić information content (AvgIpc) is 2.68. The zero-order valence-electron chi connectivity index (χ0n) is 18.2. The van der Waals surface area contributed by atoms with Crippen LogP contribution >= 0.6 is 0 Å². The molecule has 1 amide bonds. The number of hydrogen-bond donors (Lipinski definition) is 0. The van der Waals surface area contributed by atoms with Crippen molar-refractivity contribution in [2.75, 3.05) is 6.61 Å². The molecule has 0 aromatic heterocycles. The van der Waals surface area contributed by atoms with Gasteiger partial charge in [-0.2, -0.15) is 0 Å². The molecule has 0 spiro atoms. The number of hydrogen-bond acceptors (Lipinski definition) is 3. The fraction of sp³-hybridized carbons (Fsp3) is 0.360. The molecule has 164 valence electrons. The van der Waals surface area contributed by atoms with E-state index in [4.69, 9.17) is 4.74 Å². The van der Waals surface area contributed by atoms with Gasteiger partial charge < -0.3 is 9.64 Å². The summed E-state index contributed by atoms with van der Waals surface area (Å²) in [7, 11) is 0. The molecule has 6 heteroatoms. The molecule has 1 aliphatic rings. The molecule has 1 heterocycles. The third-order valence-electron chi connectivity index (χ3n) is 5.42.